The first kappa shape index (κ1) is 17.3. The monoisotopic (exact) mass is 392 g/mol. The van der Waals surface area contributed by atoms with E-state index in [1.54, 1.807) is 7.05 Å². The van der Waals surface area contributed by atoms with E-state index in [2.05, 4.69) is 20.6 Å². The first-order valence-corrected chi connectivity index (χ1v) is 7.06. The highest BCUT2D eigenvalue weighted by Crippen LogP contribution is 2.33. The van der Waals surface area contributed by atoms with Crippen molar-refractivity contribution in [1.82, 2.24) is 15.6 Å². The smallest absolute Gasteiger partial charge is 0.214 e. The SMILES string of the molecule is CN=C(NCCCC1CC1)NCc1nc(C)c(C)o1.I. The summed E-state index contributed by atoms with van der Waals surface area (Å²) >= 11 is 0. The summed E-state index contributed by atoms with van der Waals surface area (Å²) in [5, 5.41) is 6.53. The molecule has 1 aliphatic carbocycles. The first-order valence-electron chi connectivity index (χ1n) is 7.06. The molecule has 1 heterocycles. The van der Waals surface area contributed by atoms with Crippen molar-refractivity contribution in [3.05, 3.63) is 17.3 Å². The Labute approximate surface area is 138 Å². The molecule has 1 saturated carbocycles. The third kappa shape index (κ3) is 5.68. The van der Waals surface area contributed by atoms with E-state index in [0.717, 1.165) is 29.9 Å². The van der Waals surface area contributed by atoms with Crippen LogP contribution < -0.4 is 10.6 Å². The molecule has 1 fully saturated rings. The average molecular weight is 392 g/mol. The van der Waals surface area contributed by atoms with Crippen LogP contribution in [0, 0.1) is 19.8 Å². The Morgan fingerprint density at radius 3 is 2.65 bits per heavy atom. The fraction of sp³-hybridized carbons (Fsp3) is 0.714. The van der Waals surface area contributed by atoms with Gasteiger partial charge >= 0.3 is 0 Å². The molecule has 0 spiro atoms. The van der Waals surface area contributed by atoms with E-state index in [4.69, 9.17) is 4.42 Å². The molecule has 6 heteroatoms. The van der Waals surface area contributed by atoms with Crippen LogP contribution in [0.15, 0.2) is 9.41 Å². The number of hydrogen-bond donors (Lipinski definition) is 2. The quantitative estimate of drug-likeness (QED) is 0.338. The van der Waals surface area contributed by atoms with Gasteiger partial charge in [0.05, 0.1) is 12.2 Å². The Hall–Kier alpha value is -0.790. The second-order valence-electron chi connectivity index (χ2n) is 5.19. The maximum Gasteiger partial charge on any atom is 0.214 e. The second kappa shape index (κ2) is 8.49. The lowest BCUT2D eigenvalue weighted by molar-refractivity contribution is 0.463. The van der Waals surface area contributed by atoms with Crippen LogP contribution in [-0.4, -0.2) is 24.5 Å². The predicted octanol–water partition coefficient (Wildman–Crippen LogP) is 2.76. The molecule has 0 saturated heterocycles. The molecule has 20 heavy (non-hydrogen) atoms. The second-order valence-corrected chi connectivity index (χ2v) is 5.19. The molecule has 1 aromatic rings. The van der Waals surface area contributed by atoms with Gasteiger partial charge in [-0.15, -0.1) is 24.0 Å². The number of nitrogens with zero attached hydrogens (tertiary/aromatic N) is 2. The summed E-state index contributed by atoms with van der Waals surface area (Å²) in [5.74, 6) is 3.39. The molecule has 0 radical (unpaired) electrons. The summed E-state index contributed by atoms with van der Waals surface area (Å²) in [7, 11) is 1.78. The van der Waals surface area contributed by atoms with Gasteiger partial charge in [-0.3, -0.25) is 4.99 Å². The van der Waals surface area contributed by atoms with E-state index in [-0.39, 0.29) is 24.0 Å². The third-order valence-corrected chi connectivity index (χ3v) is 3.48. The Morgan fingerprint density at radius 2 is 2.10 bits per heavy atom. The van der Waals surface area contributed by atoms with Gasteiger partial charge in [-0.1, -0.05) is 12.8 Å². The minimum absolute atomic E-state index is 0. The van der Waals surface area contributed by atoms with E-state index in [0.29, 0.717) is 12.4 Å². The molecule has 0 aliphatic heterocycles. The molecular weight excluding hydrogens is 367 g/mol. The van der Waals surface area contributed by atoms with Gasteiger partial charge in [-0.25, -0.2) is 4.98 Å². The Bertz CT molecular complexity index is 421. The van der Waals surface area contributed by atoms with E-state index in [1.807, 2.05) is 13.8 Å². The number of oxazole rings is 1. The van der Waals surface area contributed by atoms with Crippen LogP contribution in [0.25, 0.3) is 0 Å². The molecule has 5 nitrogen and oxygen atoms in total. The van der Waals surface area contributed by atoms with Crippen molar-refractivity contribution in [3.8, 4) is 0 Å². The summed E-state index contributed by atoms with van der Waals surface area (Å²) in [6, 6.07) is 0. The van der Waals surface area contributed by atoms with Crippen LogP contribution in [0.2, 0.25) is 0 Å². The first-order chi connectivity index (χ1) is 9.19. The number of aromatic nitrogens is 1. The summed E-state index contributed by atoms with van der Waals surface area (Å²) < 4.78 is 5.52. The van der Waals surface area contributed by atoms with Gasteiger partial charge in [-0.2, -0.15) is 0 Å². The van der Waals surface area contributed by atoms with Crippen LogP contribution in [0.1, 0.15) is 43.0 Å². The van der Waals surface area contributed by atoms with Gasteiger partial charge in [0.25, 0.3) is 0 Å². The third-order valence-electron chi connectivity index (χ3n) is 3.48. The van der Waals surface area contributed by atoms with E-state index in [9.17, 15) is 0 Å². The molecule has 0 amide bonds. The van der Waals surface area contributed by atoms with Crippen molar-refractivity contribution in [2.75, 3.05) is 13.6 Å². The average Bonchev–Trinajstić information content (AvgIpc) is 3.16. The molecule has 1 aliphatic rings. The fourth-order valence-corrected chi connectivity index (χ4v) is 2.00. The van der Waals surface area contributed by atoms with Gasteiger partial charge in [-0.05, 0) is 32.6 Å². The van der Waals surface area contributed by atoms with Crippen LogP contribution in [0.3, 0.4) is 0 Å². The van der Waals surface area contributed by atoms with Crippen LogP contribution >= 0.6 is 24.0 Å². The van der Waals surface area contributed by atoms with Crippen molar-refractivity contribution < 1.29 is 4.42 Å². The van der Waals surface area contributed by atoms with Gasteiger partial charge in [0.2, 0.25) is 5.89 Å². The van der Waals surface area contributed by atoms with E-state index in [1.165, 1.54) is 25.7 Å². The number of nitrogens with one attached hydrogen (secondary N) is 2. The summed E-state index contributed by atoms with van der Waals surface area (Å²) in [6.07, 6.45) is 5.40. The normalized spacial score (nSPS) is 14.8. The van der Waals surface area contributed by atoms with Gasteiger partial charge in [0.1, 0.15) is 5.76 Å². The van der Waals surface area contributed by atoms with Crippen molar-refractivity contribution >= 4 is 29.9 Å². The Balaban J connectivity index is 0.00000200. The summed E-state index contributed by atoms with van der Waals surface area (Å²) in [4.78, 5) is 8.52. The zero-order valence-corrected chi connectivity index (χ0v) is 14.9. The minimum Gasteiger partial charge on any atom is -0.444 e. The number of guanidine groups is 1. The molecular formula is C14H25IN4O. The molecule has 1 aromatic heterocycles. The zero-order chi connectivity index (χ0) is 13.7. The minimum atomic E-state index is 0. The van der Waals surface area contributed by atoms with Crippen molar-refractivity contribution in [1.29, 1.82) is 0 Å². The molecule has 2 N–H and O–H groups in total. The molecule has 0 atom stereocenters. The largest absolute Gasteiger partial charge is 0.444 e. The molecule has 0 aromatic carbocycles. The van der Waals surface area contributed by atoms with Crippen LogP contribution in [0.5, 0.6) is 0 Å². The van der Waals surface area contributed by atoms with Crippen LogP contribution in [-0.2, 0) is 6.54 Å². The lowest BCUT2D eigenvalue weighted by Gasteiger charge is -2.10. The highest BCUT2D eigenvalue weighted by Gasteiger charge is 2.19. The predicted molar refractivity (Wildman–Crippen MR) is 91.6 cm³/mol. The van der Waals surface area contributed by atoms with Gasteiger partial charge in [0, 0.05) is 13.6 Å². The summed E-state index contributed by atoms with van der Waals surface area (Å²) in [6.45, 7) is 5.42. The van der Waals surface area contributed by atoms with E-state index < -0.39 is 0 Å². The topological polar surface area (TPSA) is 62.5 Å². The lowest BCUT2D eigenvalue weighted by Crippen LogP contribution is -2.37. The fourth-order valence-electron chi connectivity index (χ4n) is 2.00. The Morgan fingerprint density at radius 1 is 1.35 bits per heavy atom. The van der Waals surface area contributed by atoms with Gasteiger partial charge in [0.15, 0.2) is 5.96 Å². The molecule has 2 rings (SSSR count). The number of aryl methyl sites for hydroxylation is 2. The number of rotatable bonds is 6. The number of aliphatic imine (C=N–C) groups is 1. The lowest BCUT2D eigenvalue weighted by atomic mass is 10.2. The highest BCUT2D eigenvalue weighted by molar-refractivity contribution is 14.0. The van der Waals surface area contributed by atoms with Crippen LogP contribution in [0.4, 0.5) is 0 Å². The van der Waals surface area contributed by atoms with Crippen molar-refractivity contribution in [2.24, 2.45) is 10.9 Å². The zero-order valence-electron chi connectivity index (χ0n) is 12.5. The molecule has 0 bridgehead atoms. The highest BCUT2D eigenvalue weighted by atomic mass is 127. The number of hydrogen-bond acceptors (Lipinski definition) is 3. The van der Waals surface area contributed by atoms with E-state index >= 15 is 0 Å². The standard InChI is InChI=1S/C14H24N4O.HI/c1-10-11(2)19-13(18-10)9-17-14(15-3)16-8-4-5-12-6-7-12;/h12H,4-9H2,1-3H3,(H2,15,16,17);1H. The van der Waals surface area contributed by atoms with Crippen molar-refractivity contribution in [3.63, 3.8) is 0 Å². The van der Waals surface area contributed by atoms with Gasteiger partial charge < -0.3 is 15.1 Å². The molecule has 114 valence electrons. The maximum atomic E-state index is 5.52. The number of halogens is 1. The summed E-state index contributed by atoms with van der Waals surface area (Å²) in [5.41, 5.74) is 0.948. The maximum absolute atomic E-state index is 5.52. The Kier molecular flexibility index (Phi) is 7.32. The van der Waals surface area contributed by atoms with Crippen molar-refractivity contribution in [2.45, 2.75) is 46.1 Å². The molecule has 0 unspecified atom stereocenters.